The van der Waals surface area contributed by atoms with E-state index in [0.717, 1.165) is 11.3 Å². The van der Waals surface area contributed by atoms with Gasteiger partial charge in [0, 0.05) is 18.2 Å². The number of nitrogens with one attached hydrogen (secondary N) is 1. The van der Waals surface area contributed by atoms with Crippen LogP contribution < -0.4 is 10.1 Å². The fourth-order valence-corrected chi connectivity index (χ4v) is 4.26. The van der Waals surface area contributed by atoms with Gasteiger partial charge >= 0.3 is 0 Å². The van der Waals surface area contributed by atoms with Crippen molar-refractivity contribution < 1.29 is 22.5 Å². The summed E-state index contributed by atoms with van der Waals surface area (Å²) in [4.78, 5) is 12.6. The Labute approximate surface area is 176 Å². The van der Waals surface area contributed by atoms with E-state index in [4.69, 9.17) is 9.26 Å². The van der Waals surface area contributed by atoms with E-state index in [1.807, 2.05) is 31.2 Å². The Kier molecular flexibility index (Phi) is 6.89. The Balaban J connectivity index is 1.59. The van der Waals surface area contributed by atoms with E-state index in [1.165, 1.54) is 18.2 Å². The van der Waals surface area contributed by atoms with Crippen molar-refractivity contribution in [2.24, 2.45) is 0 Å². The molecule has 0 bridgehead atoms. The van der Waals surface area contributed by atoms with Gasteiger partial charge in [-0.25, -0.2) is 8.42 Å². The van der Waals surface area contributed by atoms with Crippen molar-refractivity contribution in [1.29, 1.82) is 0 Å². The molecule has 1 N–H and O–H groups in total. The Morgan fingerprint density at radius 2 is 1.80 bits per heavy atom. The predicted molar refractivity (Wildman–Crippen MR) is 113 cm³/mol. The molecule has 0 aliphatic carbocycles. The van der Waals surface area contributed by atoms with Crippen molar-refractivity contribution in [1.82, 2.24) is 10.5 Å². The minimum Gasteiger partial charge on any atom is -0.497 e. The van der Waals surface area contributed by atoms with Gasteiger partial charge in [-0.2, -0.15) is 0 Å². The lowest BCUT2D eigenvalue weighted by Crippen LogP contribution is -2.25. The van der Waals surface area contributed by atoms with Crippen molar-refractivity contribution in [2.45, 2.75) is 24.7 Å². The fraction of sp³-hybridized carbons (Fsp3) is 0.273. The maximum absolute atomic E-state index is 12.3. The number of rotatable bonds is 9. The summed E-state index contributed by atoms with van der Waals surface area (Å²) < 4.78 is 34.6. The standard InChI is InChI=1S/C22H24N2O5S/c1-3-14-30(26,27)19-10-6-17(7-11-19)21-15-20(24-29-21)22(25)23-13-12-16-4-8-18(28-2)9-5-16/h4-11,15H,3,12-14H2,1-2H3,(H,23,25). The molecule has 1 aromatic heterocycles. The molecule has 2 aromatic carbocycles. The molecule has 0 saturated heterocycles. The highest BCUT2D eigenvalue weighted by Crippen LogP contribution is 2.23. The van der Waals surface area contributed by atoms with E-state index >= 15 is 0 Å². The zero-order valence-corrected chi connectivity index (χ0v) is 17.7. The lowest BCUT2D eigenvalue weighted by atomic mass is 10.1. The van der Waals surface area contributed by atoms with E-state index < -0.39 is 9.84 Å². The number of hydrogen-bond donors (Lipinski definition) is 1. The molecule has 0 unspecified atom stereocenters. The van der Waals surface area contributed by atoms with Crippen molar-refractivity contribution in [2.75, 3.05) is 19.4 Å². The largest absolute Gasteiger partial charge is 0.497 e. The van der Waals surface area contributed by atoms with Gasteiger partial charge in [0.2, 0.25) is 0 Å². The summed E-state index contributed by atoms with van der Waals surface area (Å²) in [6.45, 7) is 2.28. The van der Waals surface area contributed by atoms with Gasteiger partial charge in [0.25, 0.3) is 5.91 Å². The number of aromatic nitrogens is 1. The van der Waals surface area contributed by atoms with Crippen LogP contribution in [0.15, 0.2) is 64.0 Å². The zero-order chi connectivity index (χ0) is 21.6. The Hall–Kier alpha value is -3.13. The first-order chi connectivity index (χ1) is 14.4. The highest BCUT2D eigenvalue weighted by molar-refractivity contribution is 7.91. The molecule has 7 nitrogen and oxygen atoms in total. The van der Waals surface area contributed by atoms with Crippen LogP contribution in [0.4, 0.5) is 0 Å². The summed E-state index contributed by atoms with van der Waals surface area (Å²) >= 11 is 0. The molecule has 0 saturated carbocycles. The van der Waals surface area contributed by atoms with Crippen LogP contribution in [0.3, 0.4) is 0 Å². The topological polar surface area (TPSA) is 98.5 Å². The minimum atomic E-state index is -3.27. The normalized spacial score (nSPS) is 11.3. The number of nitrogens with zero attached hydrogens (tertiary/aromatic N) is 1. The molecule has 0 spiro atoms. The van der Waals surface area contributed by atoms with Crippen LogP contribution >= 0.6 is 0 Å². The summed E-state index contributed by atoms with van der Waals surface area (Å²) in [5.74, 6) is 0.958. The van der Waals surface area contributed by atoms with Gasteiger partial charge in [0.05, 0.1) is 17.8 Å². The molecule has 158 valence electrons. The summed E-state index contributed by atoms with van der Waals surface area (Å²) in [7, 11) is -1.66. The smallest absolute Gasteiger partial charge is 0.273 e. The molecule has 3 aromatic rings. The monoisotopic (exact) mass is 428 g/mol. The van der Waals surface area contributed by atoms with E-state index in [9.17, 15) is 13.2 Å². The second-order valence-corrected chi connectivity index (χ2v) is 8.88. The van der Waals surface area contributed by atoms with E-state index in [2.05, 4.69) is 10.5 Å². The van der Waals surface area contributed by atoms with Crippen molar-refractivity contribution in [3.63, 3.8) is 0 Å². The Morgan fingerprint density at radius 3 is 2.43 bits per heavy atom. The van der Waals surface area contributed by atoms with Gasteiger partial charge in [-0.05, 0) is 54.8 Å². The fourth-order valence-electron chi connectivity index (χ4n) is 2.93. The maximum atomic E-state index is 12.3. The Bertz CT molecular complexity index is 1090. The SMILES string of the molecule is CCCS(=O)(=O)c1ccc(-c2cc(C(=O)NCCc3ccc(OC)cc3)no2)cc1. The van der Waals surface area contributed by atoms with Crippen molar-refractivity contribution in [3.05, 3.63) is 65.9 Å². The second-order valence-electron chi connectivity index (χ2n) is 6.77. The molecule has 8 heteroatoms. The summed E-state index contributed by atoms with van der Waals surface area (Å²) in [5.41, 5.74) is 1.90. The third kappa shape index (κ3) is 5.27. The van der Waals surface area contributed by atoms with Crippen LogP contribution in [0.1, 0.15) is 29.4 Å². The average molecular weight is 429 g/mol. The predicted octanol–water partition coefficient (Wildman–Crippen LogP) is 3.51. The van der Waals surface area contributed by atoms with Crippen LogP contribution in [0.5, 0.6) is 5.75 Å². The van der Waals surface area contributed by atoms with Gasteiger partial charge in [-0.1, -0.05) is 24.2 Å². The number of carbonyl (C=O) groups excluding carboxylic acids is 1. The number of amides is 1. The average Bonchev–Trinajstić information content (AvgIpc) is 3.25. The summed E-state index contributed by atoms with van der Waals surface area (Å²) in [6.07, 6.45) is 1.23. The number of ether oxygens (including phenoxy) is 1. The van der Waals surface area contributed by atoms with Crippen LogP contribution in [0.2, 0.25) is 0 Å². The van der Waals surface area contributed by atoms with Crippen molar-refractivity contribution in [3.8, 4) is 17.1 Å². The van der Waals surface area contributed by atoms with Gasteiger partial charge in [0.15, 0.2) is 21.3 Å². The molecular formula is C22H24N2O5S. The van der Waals surface area contributed by atoms with Crippen LogP contribution in [-0.2, 0) is 16.3 Å². The maximum Gasteiger partial charge on any atom is 0.273 e. The molecule has 0 aliphatic heterocycles. The second kappa shape index (κ2) is 9.58. The lowest BCUT2D eigenvalue weighted by molar-refractivity contribution is 0.0945. The summed E-state index contributed by atoms with van der Waals surface area (Å²) in [5, 5.41) is 6.63. The van der Waals surface area contributed by atoms with E-state index in [-0.39, 0.29) is 22.2 Å². The van der Waals surface area contributed by atoms with E-state index in [1.54, 1.807) is 19.2 Å². The van der Waals surface area contributed by atoms with Crippen LogP contribution in [0.25, 0.3) is 11.3 Å². The Morgan fingerprint density at radius 1 is 1.10 bits per heavy atom. The molecule has 0 radical (unpaired) electrons. The van der Waals surface area contributed by atoms with Crippen molar-refractivity contribution >= 4 is 15.7 Å². The van der Waals surface area contributed by atoms with Gasteiger partial charge in [0.1, 0.15) is 5.75 Å². The first-order valence-corrected chi connectivity index (χ1v) is 11.3. The molecule has 0 atom stereocenters. The lowest BCUT2D eigenvalue weighted by Gasteiger charge is -2.04. The van der Waals surface area contributed by atoms with Gasteiger partial charge < -0.3 is 14.6 Å². The molecule has 1 amide bonds. The number of hydrogen-bond acceptors (Lipinski definition) is 6. The zero-order valence-electron chi connectivity index (χ0n) is 16.9. The van der Waals surface area contributed by atoms with Crippen LogP contribution in [-0.4, -0.2) is 38.9 Å². The molecule has 0 fully saturated rings. The molecular weight excluding hydrogens is 404 g/mol. The number of benzene rings is 2. The quantitative estimate of drug-likeness (QED) is 0.560. The third-order valence-corrected chi connectivity index (χ3v) is 6.51. The highest BCUT2D eigenvalue weighted by Gasteiger charge is 2.16. The molecule has 1 heterocycles. The first kappa shape index (κ1) is 21.6. The van der Waals surface area contributed by atoms with Crippen LogP contribution in [0, 0.1) is 0 Å². The van der Waals surface area contributed by atoms with Gasteiger partial charge in [-0.15, -0.1) is 0 Å². The molecule has 30 heavy (non-hydrogen) atoms. The number of methoxy groups -OCH3 is 1. The molecule has 3 rings (SSSR count). The van der Waals surface area contributed by atoms with Gasteiger partial charge in [-0.3, -0.25) is 4.79 Å². The minimum absolute atomic E-state index is 0.107. The van der Waals surface area contributed by atoms with E-state index in [0.29, 0.717) is 30.7 Å². The highest BCUT2D eigenvalue weighted by atomic mass is 32.2. The number of sulfone groups is 1. The summed E-state index contributed by atoms with van der Waals surface area (Å²) in [6, 6.07) is 15.6. The number of carbonyl (C=O) groups is 1. The third-order valence-electron chi connectivity index (χ3n) is 4.57. The first-order valence-electron chi connectivity index (χ1n) is 9.64. The molecule has 0 aliphatic rings.